The molecule has 0 spiro atoms. The molecule has 0 aliphatic heterocycles. The molecule has 6 heteroatoms. The van der Waals surface area contributed by atoms with Crippen molar-refractivity contribution < 1.29 is 22.7 Å². The van der Waals surface area contributed by atoms with Crippen molar-refractivity contribution in [2.75, 3.05) is 6.61 Å². The summed E-state index contributed by atoms with van der Waals surface area (Å²) in [6, 6.07) is 4.71. The third-order valence-electron chi connectivity index (χ3n) is 2.49. The number of alkyl halides is 3. The highest BCUT2D eigenvalue weighted by atomic mass is 19.4. The molecule has 18 heavy (non-hydrogen) atoms. The number of hydrogen-bond donors (Lipinski definition) is 1. The largest absolute Gasteiger partial charge is 0.464 e. The van der Waals surface area contributed by atoms with Crippen LogP contribution >= 0.6 is 0 Å². The summed E-state index contributed by atoms with van der Waals surface area (Å²) >= 11 is 0. The van der Waals surface area contributed by atoms with Gasteiger partial charge in [0.15, 0.2) is 0 Å². The number of rotatable bonds is 3. The van der Waals surface area contributed by atoms with Crippen LogP contribution in [0.1, 0.15) is 25.0 Å². The number of nitrogens with two attached hydrogens (primary N) is 1. The molecule has 1 unspecified atom stereocenters. The maximum absolute atomic E-state index is 12.8. The van der Waals surface area contributed by atoms with Crippen LogP contribution in [0.25, 0.3) is 0 Å². The number of hydrogen-bond acceptors (Lipinski definition) is 3. The van der Waals surface area contributed by atoms with Crippen LogP contribution in [0, 0.1) is 0 Å². The summed E-state index contributed by atoms with van der Waals surface area (Å²) in [5.74, 6) is -0.887. The molecule has 0 saturated carbocycles. The Morgan fingerprint density at radius 3 is 2.22 bits per heavy atom. The van der Waals surface area contributed by atoms with Crippen molar-refractivity contribution in [3.05, 3.63) is 35.4 Å². The molecule has 1 aromatic rings. The van der Waals surface area contributed by atoms with E-state index < -0.39 is 23.2 Å². The zero-order chi connectivity index (χ0) is 14.0. The maximum Gasteiger partial charge on any atom is 0.416 e. The SMILES string of the molecule is CCOC(=O)C(C)(N)c1ccccc1C(F)(F)F. The molecule has 3 nitrogen and oxygen atoms in total. The first-order valence-electron chi connectivity index (χ1n) is 5.34. The van der Waals surface area contributed by atoms with Crippen LogP contribution in [-0.2, 0) is 21.2 Å². The van der Waals surface area contributed by atoms with Gasteiger partial charge in [-0.3, -0.25) is 0 Å². The molecule has 0 saturated heterocycles. The third kappa shape index (κ3) is 2.81. The number of carbonyl (C=O) groups is 1. The molecule has 1 rings (SSSR count). The first-order chi connectivity index (χ1) is 8.21. The van der Waals surface area contributed by atoms with E-state index in [1.54, 1.807) is 6.92 Å². The average molecular weight is 261 g/mol. The minimum absolute atomic E-state index is 0.0554. The second kappa shape index (κ2) is 4.97. The second-order valence-corrected chi connectivity index (χ2v) is 3.97. The Morgan fingerprint density at radius 2 is 1.78 bits per heavy atom. The monoisotopic (exact) mass is 261 g/mol. The van der Waals surface area contributed by atoms with E-state index >= 15 is 0 Å². The molecule has 1 aromatic carbocycles. The van der Waals surface area contributed by atoms with E-state index in [-0.39, 0.29) is 12.2 Å². The summed E-state index contributed by atoms with van der Waals surface area (Å²) in [6.07, 6.45) is -4.57. The maximum atomic E-state index is 12.8. The van der Waals surface area contributed by atoms with Gasteiger partial charge in [0.2, 0.25) is 0 Å². The molecule has 0 aliphatic rings. The van der Waals surface area contributed by atoms with Gasteiger partial charge in [-0.1, -0.05) is 18.2 Å². The summed E-state index contributed by atoms with van der Waals surface area (Å²) in [5.41, 5.74) is 2.64. The minimum Gasteiger partial charge on any atom is -0.464 e. The molecule has 0 aromatic heterocycles. The quantitative estimate of drug-likeness (QED) is 0.850. The van der Waals surface area contributed by atoms with Gasteiger partial charge in [0, 0.05) is 0 Å². The molecule has 0 fully saturated rings. The highest BCUT2D eigenvalue weighted by Gasteiger charge is 2.41. The van der Waals surface area contributed by atoms with Gasteiger partial charge in [-0.05, 0) is 25.5 Å². The van der Waals surface area contributed by atoms with Gasteiger partial charge in [0.05, 0.1) is 12.2 Å². The highest BCUT2D eigenvalue weighted by Crippen LogP contribution is 2.36. The first-order valence-corrected chi connectivity index (χ1v) is 5.34. The molecule has 0 radical (unpaired) electrons. The van der Waals surface area contributed by atoms with E-state index in [0.29, 0.717) is 0 Å². The molecule has 0 aliphatic carbocycles. The van der Waals surface area contributed by atoms with Crippen LogP contribution < -0.4 is 5.73 Å². The van der Waals surface area contributed by atoms with Crippen molar-refractivity contribution >= 4 is 5.97 Å². The van der Waals surface area contributed by atoms with E-state index in [0.717, 1.165) is 6.07 Å². The van der Waals surface area contributed by atoms with Gasteiger partial charge in [-0.15, -0.1) is 0 Å². The van der Waals surface area contributed by atoms with Gasteiger partial charge in [-0.2, -0.15) is 13.2 Å². The summed E-state index contributed by atoms with van der Waals surface area (Å²) in [4.78, 5) is 11.6. The lowest BCUT2D eigenvalue weighted by molar-refractivity contribution is -0.150. The smallest absolute Gasteiger partial charge is 0.416 e. The fraction of sp³-hybridized carbons (Fsp3) is 0.417. The molecule has 1 atom stereocenters. The van der Waals surface area contributed by atoms with Crippen LogP contribution in [-0.4, -0.2) is 12.6 Å². The number of ether oxygens (including phenoxy) is 1. The van der Waals surface area contributed by atoms with E-state index in [1.807, 2.05) is 0 Å². The predicted octanol–water partition coefficient (Wildman–Crippen LogP) is 2.44. The zero-order valence-corrected chi connectivity index (χ0v) is 10.0. The topological polar surface area (TPSA) is 52.3 Å². The van der Waals surface area contributed by atoms with Crippen LogP contribution in [0.15, 0.2) is 24.3 Å². The van der Waals surface area contributed by atoms with Gasteiger partial charge >= 0.3 is 12.1 Å². The Labute approximate surface area is 103 Å². The number of carbonyl (C=O) groups excluding carboxylic acids is 1. The Bertz CT molecular complexity index is 441. The molecule has 0 bridgehead atoms. The predicted molar refractivity (Wildman–Crippen MR) is 59.6 cm³/mol. The highest BCUT2D eigenvalue weighted by molar-refractivity contribution is 5.82. The molecule has 0 heterocycles. The number of halogens is 3. The van der Waals surface area contributed by atoms with Crippen molar-refractivity contribution in [2.45, 2.75) is 25.6 Å². The Morgan fingerprint density at radius 1 is 1.28 bits per heavy atom. The van der Waals surface area contributed by atoms with Crippen molar-refractivity contribution in [1.29, 1.82) is 0 Å². The third-order valence-corrected chi connectivity index (χ3v) is 2.49. The minimum atomic E-state index is -4.57. The standard InChI is InChI=1S/C12H14F3NO2/c1-3-18-10(17)11(2,16)8-6-4-5-7-9(8)12(13,14)15/h4-7H,3,16H2,1-2H3. The molecule has 2 N–H and O–H groups in total. The van der Waals surface area contributed by atoms with Crippen LogP contribution in [0.4, 0.5) is 13.2 Å². The Hall–Kier alpha value is -1.56. The van der Waals surface area contributed by atoms with Crippen LogP contribution in [0.2, 0.25) is 0 Å². The molecular formula is C12H14F3NO2. The van der Waals surface area contributed by atoms with Gasteiger partial charge in [-0.25, -0.2) is 4.79 Å². The van der Waals surface area contributed by atoms with Crippen molar-refractivity contribution in [3.63, 3.8) is 0 Å². The summed E-state index contributed by atoms with van der Waals surface area (Å²) in [7, 11) is 0. The lowest BCUT2D eigenvalue weighted by Gasteiger charge is -2.26. The van der Waals surface area contributed by atoms with Crippen LogP contribution in [0.5, 0.6) is 0 Å². The molecule has 0 amide bonds. The normalized spacial score (nSPS) is 15.0. The Kier molecular flexibility index (Phi) is 4.01. The first kappa shape index (κ1) is 14.5. The van der Waals surface area contributed by atoms with E-state index in [2.05, 4.69) is 0 Å². The second-order valence-electron chi connectivity index (χ2n) is 3.97. The van der Waals surface area contributed by atoms with Crippen LogP contribution in [0.3, 0.4) is 0 Å². The van der Waals surface area contributed by atoms with Crippen molar-refractivity contribution in [2.24, 2.45) is 5.73 Å². The summed E-state index contributed by atoms with van der Waals surface area (Å²) < 4.78 is 43.2. The zero-order valence-electron chi connectivity index (χ0n) is 10.0. The van der Waals surface area contributed by atoms with Crippen molar-refractivity contribution in [3.8, 4) is 0 Å². The number of benzene rings is 1. The fourth-order valence-electron chi connectivity index (χ4n) is 1.57. The van der Waals surface area contributed by atoms with E-state index in [9.17, 15) is 18.0 Å². The number of esters is 1. The van der Waals surface area contributed by atoms with Crippen molar-refractivity contribution in [1.82, 2.24) is 0 Å². The summed E-state index contributed by atoms with van der Waals surface area (Å²) in [5, 5.41) is 0. The fourth-order valence-corrected chi connectivity index (χ4v) is 1.57. The lowest BCUT2D eigenvalue weighted by Crippen LogP contribution is -2.44. The molecule has 100 valence electrons. The van der Waals surface area contributed by atoms with E-state index in [4.69, 9.17) is 10.5 Å². The Balaban J connectivity index is 3.28. The van der Waals surface area contributed by atoms with Gasteiger partial charge < -0.3 is 10.5 Å². The lowest BCUT2D eigenvalue weighted by atomic mass is 9.89. The summed E-state index contributed by atoms with van der Waals surface area (Å²) in [6.45, 7) is 2.82. The average Bonchev–Trinajstić information content (AvgIpc) is 2.28. The van der Waals surface area contributed by atoms with E-state index in [1.165, 1.54) is 25.1 Å². The molecular weight excluding hydrogens is 247 g/mol. The van der Waals surface area contributed by atoms with Gasteiger partial charge in [0.1, 0.15) is 5.54 Å². The van der Waals surface area contributed by atoms with Gasteiger partial charge in [0.25, 0.3) is 0 Å².